The molecule has 1 fully saturated rings. The highest BCUT2D eigenvalue weighted by Crippen LogP contribution is 2.22. The highest BCUT2D eigenvalue weighted by molar-refractivity contribution is 5.78. The second-order valence-corrected chi connectivity index (χ2v) is 6.14. The molecule has 0 aromatic heterocycles. The van der Waals surface area contributed by atoms with Gasteiger partial charge in [0.1, 0.15) is 5.75 Å². The number of benzene rings is 1. The summed E-state index contributed by atoms with van der Waals surface area (Å²) in [5, 5.41) is 0. The van der Waals surface area contributed by atoms with Crippen LogP contribution in [-0.4, -0.2) is 48.5 Å². The lowest BCUT2D eigenvalue weighted by atomic mass is 9.95. The molecule has 4 heteroatoms. The molecular weight excluding hydrogens is 288 g/mol. The minimum atomic E-state index is 0.214. The molecule has 1 amide bonds. The van der Waals surface area contributed by atoms with Crippen LogP contribution in [0.5, 0.6) is 5.75 Å². The Morgan fingerprint density at radius 1 is 1.13 bits per heavy atom. The lowest BCUT2D eigenvalue weighted by Gasteiger charge is -2.33. The van der Waals surface area contributed by atoms with Gasteiger partial charge in [-0.1, -0.05) is 12.1 Å². The van der Waals surface area contributed by atoms with Crippen molar-refractivity contribution in [3.8, 4) is 5.75 Å². The Labute approximate surface area is 140 Å². The fourth-order valence-corrected chi connectivity index (χ4v) is 3.25. The molecule has 1 aromatic carbocycles. The van der Waals surface area contributed by atoms with E-state index in [1.54, 1.807) is 0 Å². The van der Waals surface area contributed by atoms with Crippen molar-refractivity contribution in [2.75, 3.05) is 32.8 Å². The van der Waals surface area contributed by atoms with Crippen LogP contribution in [0.15, 0.2) is 24.3 Å². The first-order valence-corrected chi connectivity index (χ1v) is 8.90. The third-order valence-corrected chi connectivity index (χ3v) is 4.65. The summed E-state index contributed by atoms with van der Waals surface area (Å²) in [4.78, 5) is 16.8. The van der Waals surface area contributed by atoms with Gasteiger partial charge in [0.05, 0.1) is 6.61 Å². The van der Waals surface area contributed by atoms with Crippen molar-refractivity contribution in [3.05, 3.63) is 29.8 Å². The molecule has 23 heavy (non-hydrogen) atoms. The third kappa shape index (κ3) is 4.96. The number of hydrogen-bond donors (Lipinski definition) is 0. The van der Waals surface area contributed by atoms with Crippen LogP contribution in [0.1, 0.15) is 39.2 Å². The van der Waals surface area contributed by atoms with Crippen LogP contribution < -0.4 is 4.74 Å². The van der Waals surface area contributed by atoms with Crippen LogP contribution in [0, 0.1) is 5.92 Å². The molecule has 0 saturated carbocycles. The van der Waals surface area contributed by atoms with Crippen LogP contribution in [0.25, 0.3) is 0 Å². The van der Waals surface area contributed by atoms with Crippen molar-refractivity contribution in [2.45, 2.75) is 40.2 Å². The number of carbonyl (C=O) groups is 1. The number of ether oxygens (including phenoxy) is 1. The predicted octanol–water partition coefficient (Wildman–Crippen LogP) is 3.17. The van der Waals surface area contributed by atoms with Gasteiger partial charge < -0.3 is 9.64 Å². The maximum Gasteiger partial charge on any atom is 0.225 e. The Hall–Kier alpha value is -1.55. The van der Waals surface area contributed by atoms with Crippen LogP contribution in [0.4, 0.5) is 0 Å². The van der Waals surface area contributed by atoms with E-state index in [2.05, 4.69) is 30.9 Å². The SMILES string of the molecule is CCOc1ccc(CN2CCC(C(=O)N(CC)CC)CC2)cc1. The number of carbonyl (C=O) groups excluding carboxylic acids is 1. The average molecular weight is 318 g/mol. The van der Waals surface area contributed by atoms with Gasteiger partial charge in [0.15, 0.2) is 0 Å². The molecule has 128 valence electrons. The van der Waals surface area contributed by atoms with E-state index in [9.17, 15) is 4.79 Å². The van der Waals surface area contributed by atoms with Gasteiger partial charge in [-0.25, -0.2) is 0 Å². The van der Waals surface area contributed by atoms with E-state index in [0.717, 1.165) is 51.3 Å². The van der Waals surface area contributed by atoms with Crippen LogP contribution >= 0.6 is 0 Å². The van der Waals surface area contributed by atoms with Gasteiger partial charge in [0.2, 0.25) is 5.91 Å². The highest BCUT2D eigenvalue weighted by atomic mass is 16.5. The van der Waals surface area contributed by atoms with E-state index in [1.807, 2.05) is 24.0 Å². The Balaban J connectivity index is 1.81. The average Bonchev–Trinajstić information content (AvgIpc) is 2.58. The van der Waals surface area contributed by atoms with Gasteiger partial charge >= 0.3 is 0 Å². The summed E-state index contributed by atoms with van der Waals surface area (Å²) in [6, 6.07) is 8.35. The monoisotopic (exact) mass is 318 g/mol. The first kappa shape index (κ1) is 17.8. The Morgan fingerprint density at radius 3 is 2.26 bits per heavy atom. The quantitative estimate of drug-likeness (QED) is 0.774. The number of nitrogens with zero attached hydrogens (tertiary/aromatic N) is 2. The summed E-state index contributed by atoms with van der Waals surface area (Å²) in [6.07, 6.45) is 1.96. The summed E-state index contributed by atoms with van der Waals surface area (Å²) in [5.74, 6) is 1.49. The predicted molar refractivity (Wildman–Crippen MR) is 93.5 cm³/mol. The topological polar surface area (TPSA) is 32.8 Å². The molecule has 0 N–H and O–H groups in total. The fourth-order valence-electron chi connectivity index (χ4n) is 3.25. The Bertz CT molecular complexity index is 475. The van der Waals surface area contributed by atoms with Crippen LogP contribution in [0.2, 0.25) is 0 Å². The second-order valence-electron chi connectivity index (χ2n) is 6.14. The summed E-state index contributed by atoms with van der Waals surface area (Å²) < 4.78 is 5.48. The minimum absolute atomic E-state index is 0.214. The molecule has 0 bridgehead atoms. The van der Waals surface area contributed by atoms with Gasteiger partial charge in [-0.3, -0.25) is 9.69 Å². The van der Waals surface area contributed by atoms with Crippen molar-refractivity contribution in [2.24, 2.45) is 5.92 Å². The van der Waals surface area contributed by atoms with E-state index in [0.29, 0.717) is 12.5 Å². The first-order chi connectivity index (χ1) is 11.2. The van der Waals surface area contributed by atoms with Crippen molar-refractivity contribution in [3.63, 3.8) is 0 Å². The second kappa shape index (κ2) is 8.92. The fraction of sp³-hybridized carbons (Fsp3) is 0.632. The molecule has 1 aliphatic rings. The third-order valence-electron chi connectivity index (χ3n) is 4.65. The summed E-state index contributed by atoms with van der Waals surface area (Å²) in [7, 11) is 0. The van der Waals surface area contributed by atoms with Gasteiger partial charge in [-0.2, -0.15) is 0 Å². The van der Waals surface area contributed by atoms with E-state index in [4.69, 9.17) is 4.74 Å². The van der Waals surface area contributed by atoms with E-state index in [1.165, 1.54) is 5.56 Å². The number of likely N-dealkylation sites (tertiary alicyclic amines) is 1. The molecule has 0 radical (unpaired) electrons. The molecule has 0 atom stereocenters. The molecule has 1 heterocycles. The lowest BCUT2D eigenvalue weighted by Crippen LogP contribution is -2.42. The smallest absolute Gasteiger partial charge is 0.225 e. The standard InChI is InChI=1S/C19H30N2O2/c1-4-21(5-2)19(22)17-11-13-20(14-12-17)15-16-7-9-18(10-8-16)23-6-3/h7-10,17H,4-6,11-15H2,1-3H3. The molecule has 4 nitrogen and oxygen atoms in total. The van der Waals surface area contributed by atoms with Crippen LogP contribution in [0.3, 0.4) is 0 Å². The van der Waals surface area contributed by atoms with Gasteiger partial charge in [-0.15, -0.1) is 0 Å². The molecule has 0 aliphatic carbocycles. The summed E-state index contributed by atoms with van der Waals surface area (Å²) in [5.41, 5.74) is 1.31. The zero-order valence-electron chi connectivity index (χ0n) is 14.8. The molecule has 1 aliphatic heterocycles. The van der Waals surface area contributed by atoms with Crippen molar-refractivity contribution in [1.29, 1.82) is 0 Å². The molecule has 0 unspecified atom stereocenters. The normalized spacial score (nSPS) is 16.3. The Kier molecular flexibility index (Phi) is 6.90. The van der Waals surface area contributed by atoms with E-state index in [-0.39, 0.29) is 5.92 Å². The maximum absolute atomic E-state index is 12.4. The minimum Gasteiger partial charge on any atom is -0.494 e. The van der Waals surface area contributed by atoms with E-state index < -0.39 is 0 Å². The molecule has 2 rings (SSSR count). The van der Waals surface area contributed by atoms with Gasteiger partial charge in [0.25, 0.3) is 0 Å². The summed E-state index contributed by atoms with van der Waals surface area (Å²) in [6.45, 7) is 11.4. The Morgan fingerprint density at radius 2 is 1.74 bits per heavy atom. The van der Waals surface area contributed by atoms with Crippen molar-refractivity contribution < 1.29 is 9.53 Å². The van der Waals surface area contributed by atoms with Crippen LogP contribution in [-0.2, 0) is 11.3 Å². The number of hydrogen-bond acceptors (Lipinski definition) is 3. The largest absolute Gasteiger partial charge is 0.494 e. The molecule has 1 aromatic rings. The maximum atomic E-state index is 12.4. The lowest BCUT2D eigenvalue weighted by molar-refractivity contribution is -0.136. The number of rotatable bonds is 7. The van der Waals surface area contributed by atoms with Crippen molar-refractivity contribution >= 4 is 5.91 Å². The number of amides is 1. The van der Waals surface area contributed by atoms with Gasteiger partial charge in [-0.05, 0) is 64.4 Å². The zero-order valence-corrected chi connectivity index (χ0v) is 14.8. The number of piperidine rings is 1. The van der Waals surface area contributed by atoms with Crippen molar-refractivity contribution in [1.82, 2.24) is 9.80 Å². The summed E-state index contributed by atoms with van der Waals surface area (Å²) >= 11 is 0. The zero-order chi connectivity index (χ0) is 16.7. The molecule has 1 saturated heterocycles. The molecular formula is C19H30N2O2. The van der Waals surface area contributed by atoms with E-state index >= 15 is 0 Å². The first-order valence-electron chi connectivity index (χ1n) is 8.90. The van der Waals surface area contributed by atoms with Gasteiger partial charge in [0, 0.05) is 25.6 Å². The molecule has 0 spiro atoms. The highest BCUT2D eigenvalue weighted by Gasteiger charge is 2.27.